The highest BCUT2D eigenvalue weighted by Gasteiger charge is 2.23. The fourth-order valence-corrected chi connectivity index (χ4v) is 4.30. The Hall–Kier alpha value is -3.40. The third-order valence-corrected chi connectivity index (χ3v) is 5.89. The molecule has 2 heterocycles. The lowest BCUT2D eigenvalue weighted by Crippen LogP contribution is -2.40. The van der Waals surface area contributed by atoms with Crippen LogP contribution in [0.1, 0.15) is 31.7 Å². The van der Waals surface area contributed by atoms with Crippen LogP contribution in [0, 0.1) is 10.1 Å². The number of unbranched alkanes of at least 4 members (excludes halogenated alkanes) is 1. The quantitative estimate of drug-likeness (QED) is 0.262. The largest absolute Gasteiger partial charge is 0.496 e. The second-order valence-corrected chi connectivity index (χ2v) is 8.12. The normalized spacial score (nSPS) is 15.2. The van der Waals surface area contributed by atoms with Crippen LogP contribution in [-0.2, 0) is 6.42 Å². The predicted molar refractivity (Wildman–Crippen MR) is 124 cm³/mol. The van der Waals surface area contributed by atoms with Gasteiger partial charge in [-0.05, 0) is 60.7 Å². The van der Waals surface area contributed by atoms with Gasteiger partial charge in [0.25, 0.3) is 0 Å². The second-order valence-electron chi connectivity index (χ2n) is 8.12. The first-order chi connectivity index (χ1) is 16.1. The summed E-state index contributed by atoms with van der Waals surface area (Å²) >= 11 is 0. The highest BCUT2D eigenvalue weighted by molar-refractivity contribution is 5.93. The van der Waals surface area contributed by atoms with Gasteiger partial charge in [0, 0.05) is 30.8 Å². The smallest absolute Gasteiger partial charge is 0.300 e. The Balaban J connectivity index is 1.31. The fraction of sp³-hybridized carbons (Fsp3) is 0.478. The number of benzene rings is 2. The van der Waals surface area contributed by atoms with E-state index in [0.29, 0.717) is 12.1 Å². The van der Waals surface area contributed by atoms with Crippen molar-refractivity contribution in [1.29, 1.82) is 0 Å². The zero-order valence-electron chi connectivity index (χ0n) is 19.0. The van der Waals surface area contributed by atoms with Gasteiger partial charge in [0.1, 0.15) is 18.1 Å². The number of nitro benzene ring substituents is 1. The maximum Gasteiger partial charge on any atom is 0.300 e. The Bertz CT molecular complexity index is 1090. The maximum atomic E-state index is 11.3. The van der Waals surface area contributed by atoms with Crippen LogP contribution in [0.3, 0.4) is 0 Å². The van der Waals surface area contributed by atoms with Gasteiger partial charge >= 0.3 is 5.69 Å². The summed E-state index contributed by atoms with van der Waals surface area (Å²) in [7, 11) is 1.68. The molecule has 0 radical (unpaired) electrons. The van der Waals surface area contributed by atoms with E-state index in [1.165, 1.54) is 6.07 Å². The Morgan fingerprint density at radius 2 is 2.06 bits per heavy atom. The maximum absolute atomic E-state index is 11.3. The van der Waals surface area contributed by atoms with Crippen LogP contribution < -0.4 is 19.7 Å². The molecule has 3 aromatic rings. The third kappa shape index (κ3) is 5.00. The number of fused-ring (bicyclic) bond motifs is 2. The number of nitrogens with zero attached hydrogens (tertiary/aromatic N) is 4. The lowest BCUT2D eigenvalue weighted by molar-refractivity contribution is -0.383. The van der Waals surface area contributed by atoms with Crippen molar-refractivity contribution in [2.75, 3.05) is 38.3 Å². The van der Waals surface area contributed by atoms with Crippen LogP contribution in [0.4, 0.5) is 11.4 Å². The molecule has 1 aliphatic rings. The molecule has 176 valence electrons. The molecular weight excluding hydrogens is 426 g/mol. The van der Waals surface area contributed by atoms with Crippen molar-refractivity contribution in [3.63, 3.8) is 0 Å². The summed E-state index contributed by atoms with van der Waals surface area (Å²) < 4.78 is 16.2. The van der Waals surface area contributed by atoms with Gasteiger partial charge in [-0.15, -0.1) is 0 Å². The van der Waals surface area contributed by atoms with Gasteiger partial charge in [-0.2, -0.15) is 0 Å². The summed E-state index contributed by atoms with van der Waals surface area (Å²) in [5.74, 6) is 1.77. The summed E-state index contributed by atoms with van der Waals surface area (Å²) in [6, 6.07) is 9.35. The van der Waals surface area contributed by atoms with Crippen molar-refractivity contribution in [1.82, 2.24) is 15.6 Å². The molecule has 1 unspecified atom stereocenters. The zero-order chi connectivity index (χ0) is 23.2. The Morgan fingerprint density at radius 3 is 2.85 bits per heavy atom. The highest BCUT2D eigenvalue weighted by Crippen LogP contribution is 2.33. The summed E-state index contributed by atoms with van der Waals surface area (Å²) in [6.45, 7) is 5.25. The molecule has 0 saturated heterocycles. The SMILES string of the molecule is CCCN(CCCCNC1COc2cccc(OC)c2C1)c1ccc([N+](=O)[O-])c2nonc12. The van der Waals surface area contributed by atoms with E-state index < -0.39 is 4.92 Å². The number of hydrogen-bond donors (Lipinski definition) is 1. The molecule has 0 saturated carbocycles. The molecular formula is C23H29N5O5. The van der Waals surface area contributed by atoms with Gasteiger partial charge in [-0.1, -0.05) is 13.0 Å². The van der Waals surface area contributed by atoms with E-state index >= 15 is 0 Å². The summed E-state index contributed by atoms with van der Waals surface area (Å²) in [5.41, 5.74) is 2.46. The van der Waals surface area contributed by atoms with Gasteiger partial charge in [0.05, 0.1) is 17.7 Å². The number of anilines is 1. The fourth-order valence-electron chi connectivity index (χ4n) is 4.30. The monoisotopic (exact) mass is 455 g/mol. The van der Waals surface area contributed by atoms with Gasteiger partial charge in [-0.25, -0.2) is 4.63 Å². The van der Waals surface area contributed by atoms with Crippen LogP contribution in [0.15, 0.2) is 35.0 Å². The van der Waals surface area contributed by atoms with E-state index in [-0.39, 0.29) is 17.2 Å². The second kappa shape index (κ2) is 10.5. The lowest BCUT2D eigenvalue weighted by Gasteiger charge is -2.28. The summed E-state index contributed by atoms with van der Waals surface area (Å²) in [6.07, 6.45) is 3.77. The first kappa shape index (κ1) is 22.8. The van der Waals surface area contributed by atoms with Crippen LogP contribution in [0.25, 0.3) is 11.0 Å². The molecule has 0 bridgehead atoms. The number of methoxy groups -OCH3 is 1. The topological polar surface area (TPSA) is 116 Å². The number of rotatable bonds is 11. The summed E-state index contributed by atoms with van der Waals surface area (Å²) in [5, 5.41) is 22.5. The minimum atomic E-state index is -0.463. The molecule has 1 aliphatic heterocycles. The highest BCUT2D eigenvalue weighted by atomic mass is 16.6. The van der Waals surface area contributed by atoms with E-state index in [2.05, 4.69) is 27.5 Å². The van der Waals surface area contributed by atoms with E-state index in [4.69, 9.17) is 14.1 Å². The van der Waals surface area contributed by atoms with E-state index in [9.17, 15) is 10.1 Å². The lowest BCUT2D eigenvalue weighted by atomic mass is 10.0. The Morgan fingerprint density at radius 1 is 1.21 bits per heavy atom. The van der Waals surface area contributed by atoms with E-state index in [0.717, 1.165) is 68.1 Å². The molecule has 10 heteroatoms. The standard InChI is InChI=1S/C23H29N5O5/c1-3-12-27(18-9-10-19(28(29)30)23-22(18)25-33-26-23)13-5-4-11-24-16-14-17-20(31-2)7-6-8-21(17)32-15-16/h6-10,16,24H,3-5,11-15H2,1-2H3. The number of non-ortho nitro benzene ring substituents is 1. The van der Waals surface area contributed by atoms with Crippen LogP contribution in [-0.4, -0.2) is 54.6 Å². The molecule has 1 N–H and O–H groups in total. The van der Waals surface area contributed by atoms with Crippen molar-refractivity contribution in [3.05, 3.63) is 46.0 Å². The molecule has 1 aromatic heterocycles. The molecule has 33 heavy (non-hydrogen) atoms. The molecule has 10 nitrogen and oxygen atoms in total. The van der Waals surface area contributed by atoms with Gasteiger partial charge in [-0.3, -0.25) is 10.1 Å². The van der Waals surface area contributed by atoms with Crippen molar-refractivity contribution in [3.8, 4) is 11.5 Å². The van der Waals surface area contributed by atoms with Crippen LogP contribution >= 0.6 is 0 Å². The molecule has 0 fully saturated rings. The number of hydrogen-bond acceptors (Lipinski definition) is 9. The number of nitro groups is 1. The Kier molecular flexibility index (Phi) is 7.23. The van der Waals surface area contributed by atoms with Crippen molar-refractivity contribution in [2.45, 2.75) is 38.6 Å². The first-order valence-electron chi connectivity index (χ1n) is 11.3. The van der Waals surface area contributed by atoms with Gasteiger partial charge < -0.3 is 19.7 Å². The average Bonchev–Trinajstić information content (AvgIpc) is 3.32. The minimum Gasteiger partial charge on any atom is -0.496 e. The minimum absolute atomic E-state index is 0.0939. The Labute approximate surface area is 192 Å². The van der Waals surface area contributed by atoms with Crippen molar-refractivity contribution >= 4 is 22.4 Å². The molecule has 4 rings (SSSR count). The van der Waals surface area contributed by atoms with Gasteiger partial charge in [0.2, 0.25) is 5.52 Å². The molecule has 1 atom stereocenters. The number of nitrogens with one attached hydrogen (secondary N) is 1. The summed E-state index contributed by atoms with van der Waals surface area (Å²) in [4.78, 5) is 13.0. The predicted octanol–water partition coefficient (Wildman–Crippen LogP) is 3.73. The van der Waals surface area contributed by atoms with Gasteiger partial charge in [0.15, 0.2) is 5.52 Å². The molecule has 0 spiro atoms. The molecule has 0 amide bonds. The number of aromatic nitrogens is 2. The number of ether oxygens (including phenoxy) is 2. The first-order valence-corrected chi connectivity index (χ1v) is 11.3. The molecule has 0 aliphatic carbocycles. The molecule has 2 aromatic carbocycles. The van der Waals surface area contributed by atoms with Crippen molar-refractivity contribution in [2.24, 2.45) is 0 Å². The van der Waals surface area contributed by atoms with Crippen LogP contribution in [0.5, 0.6) is 11.5 Å². The van der Waals surface area contributed by atoms with E-state index in [1.807, 2.05) is 18.2 Å². The third-order valence-electron chi connectivity index (χ3n) is 5.89. The average molecular weight is 456 g/mol. The van der Waals surface area contributed by atoms with E-state index in [1.54, 1.807) is 13.2 Å². The zero-order valence-corrected chi connectivity index (χ0v) is 19.0. The van der Waals surface area contributed by atoms with Crippen molar-refractivity contribution < 1.29 is 19.0 Å². The van der Waals surface area contributed by atoms with Crippen LogP contribution in [0.2, 0.25) is 0 Å².